The molecule has 37 heavy (non-hydrogen) atoms. The Labute approximate surface area is 222 Å². The van der Waals surface area contributed by atoms with Crippen LogP contribution < -0.4 is 15.4 Å². The fourth-order valence-corrected chi connectivity index (χ4v) is 5.44. The predicted octanol–water partition coefficient (Wildman–Crippen LogP) is 5.05. The van der Waals surface area contributed by atoms with Gasteiger partial charge < -0.3 is 20.5 Å². The van der Waals surface area contributed by atoms with Crippen molar-refractivity contribution in [3.63, 3.8) is 0 Å². The number of carbonyl (C=O) groups excluding carboxylic acids is 1. The molecular weight excluding hydrogens is 500 g/mol. The maximum Gasteiger partial charge on any atom is 0.218 e. The number of ether oxygens (including phenoxy) is 1. The van der Waals surface area contributed by atoms with E-state index < -0.39 is 28.8 Å². The summed E-state index contributed by atoms with van der Waals surface area (Å²) in [6.45, 7) is 8.01. The predicted molar refractivity (Wildman–Crippen MR) is 139 cm³/mol. The molecule has 4 rings (SSSR count). The standard InChI is InChI=1S/C28H36ClF2N3O3/c1-16(35)34-21(11-18-6-7-20(30)24(29)25(18)31)23(36)15-32-22-13-28(8-5-9-28)37-26-19(22)10-17(14-33-26)12-27(2,3)4/h6-7,10,14,21-23,32,36H,5,8-9,11-13,15H2,1-4H3,(H,34,35)/t21-,22-,23+/m0/s1. The fourth-order valence-electron chi connectivity index (χ4n) is 5.26. The first-order valence-corrected chi connectivity index (χ1v) is 13.2. The van der Waals surface area contributed by atoms with Gasteiger partial charge in [0.25, 0.3) is 0 Å². The molecule has 1 amide bonds. The number of amides is 1. The van der Waals surface area contributed by atoms with Gasteiger partial charge in [0.05, 0.1) is 12.1 Å². The molecule has 6 nitrogen and oxygen atoms in total. The van der Waals surface area contributed by atoms with Crippen LogP contribution in [0.4, 0.5) is 8.78 Å². The highest BCUT2D eigenvalue weighted by Crippen LogP contribution is 2.48. The van der Waals surface area contributed by atoms with E-state index >= 15 is 0 Å². The zero-order chi connectivity index (χ0) is 27.0. The molecule has 0 radical (unpaired) electrons. The van der Waals surface area contributed by atoms with Crippen molar-refractivity contribution < 1.29 is 23.4 Å². The van der Waals surface area contributed by atoms with Gasteiger partial charge in [-0.3, -0.25) is 4.79 Å². The number of benzene rings is 1. The second-order valence-corrected chi connectivity index (χ2v) is 12.1. The monoisotopic (exact) mass is 535 g/mol. The first-order chi connectivity index (χ1) is 17.4. The van der Waals surface area contributed by atoms with E-state index in [1.54, 1.807) is 0 Å². The van der Waals surface area contributed by atoms with Crippen LogP contribution >= 0.6 is 11.6 Å². The van der Waals surface area contributed by atoms with E-state index in [2.05, 4.69) is 42.5 Å². The number of aliphatic hydroxyl groups excluding tert-OH is 1. The number of aliphatic hydroxyl groups is 1. The number of nitrogens with one attached hydrogen (secondary N) is 2. The summed E-state index contributed by atoms with van der Waals surface area (Å²) in [6, 6.07) is 3.59. The molecule has 0 saturated heterocycles. The van der Waals surface area contributed by atoms with Gasteiger partial charge >= 0.3 is 0 Å². The third kappa shape index (κ3) is 6.59. The molecule has 0 unspecified atom stereocenters. The molecule has 1 aliphatic heterocycles. The SMILES string of the molecule is CC(=O)N[C@@H](Cc1ccc(F)c(Cl)c1F)[C@H](O)CN[C@H]1CC2(CCC2)Oc2ncc(CC(C)(C)C)cc21. The molecule has 1 aromatic heterocycles. The van der Waals surface area contributed by atoms with E-state index in [1.165, 1.54) is 13.0 Å². The van der Waals surface area contributed by atoms with E-state index in [0.29, 0.717) is 5.88 Å². The first-order valence-electron chi connectivity index (χ1n) is 12.8. The number of halogens is 3. The zero-order valence-corrected chi connectivity index (χ0v) is 22.6. The minimum absolute atomic E-state index is 0.0418. The Morgan fingerprint density at radius 3 is 2.68 bits per heavy atom. The highest BCUT2D eigenvalue weighted by Gasteiger charge is 2.46. The first kappa shape index (κ1) is 27.7. The number of pyridine rings is 1. The Bertz CT molecular complexity index is 1150. The van der Waals surface area contributed by atoms with Gasteiger partial charge in [0.2, 0.25) is 11.8 Å². The smallest absolute Gasteiger partial charge is 0.218 e. The molecule has 202 valence electrons. The van der Waals surface area contributed by atoms with Crippen LogP contribution in [0.1, 0.15) is 76.1 Å². The van der Waals surface area contributed by atoms with E-state index in [4.69, 9.17) is 16.3 Å². The van der Waals surface area contributed by atoms with Crippen LogP contribution in [0.5, 0.6) is 5.88 Å². The lowest BCUT2D eigenvalue weighted by Crippen LogP contribution is -2.52. The molecule has 3 atom stereocenters. The van der Waals surface area contributed by atoms with Gasteiger partial charge in [0.1, 0.15) is 22.3 Å². The van der Waals surface area contributed by atoms with Crippen LogP contribution in [-0.4, -0.2) is 40.3 Å². The van der Waals surface area contributed by atoms with Crippen molar-refractivity contribution >= 4 is 17.5 Å². The average Bonchev–Trinajstić information content (AvgIpc) is 2.79. The van der Waals surface area contributed by atoms with Crippen molar-refractivity contribution in [3.05, 3.63) is 57.7 Å². The summed E-state index contributed by atoms with van der Waals surface area (Å²) in [7, 11) is 0. The van der Waals surface area contributed by atoms with Crippen molar-refractivity contribution in [2.24, 2.45) is 5.41 Å². The second kappa shape index (κ2) is 10.8. The van der Waals surface area contributed by atoms with Gasteiger partial charge in [-0.05, 0) is 60.8 Å². The van der Waals surface area contributed by atoms with E-state index in [0.717, 1.165) is 49.3 Å². The molecule has 0 bridgehead atoms. The number of hydrogen-bond donors (Lipinski definition) is 3. The van der Waals surface area contributed by atoms with Crippen molar-refractivity contribution in [3.8, 4) is 5.88 Å². The minimum atomic E-state index is -1.04. The topological polar surface area (TPSA) is 83.5 Å². The molecule has 1 spiro atoms. The summed E-state index contributed by atoms with van der Waals surface area (Å²) < 4.78 is 34.5. The van der Waals surface area contributed by atoms with Gasteiger partial charge in [-0.25, -0.2) is 13.8 Å². The van der Waals surface area contributed by atoms with Crippen molar-refractivity contribution in [1.82, 2.24) is 15.6 Å². The molecule has 1 aliphatic carbocycles. The summed E-state index contributed by atoms with van der Waals surface area (Å²) in [5, 5.41) is 16.6. The van der Waals surface area contributed by atoms with Crippen molar-refractivity contribution in [2.75, 3.05) is 6.54 Å². The van der Waals surface area contributed by atoms with Gasteiger partial charge in [0.15, 0.2) is 0 Å². The minimum Gasteiger partial charge on any atom is -0.471 e. The van der Waals surface area contributed by atoms with Crippen LogP contribution in [0.15, 0.2) is 24.4 Å². The Balaban J connectivity index is 1.52. The quantitative estimate of drug-likeness (QED) is 0.412. The molecule has 2 aliphatic rings. The molecule has 2 aromatic rings. The lowest BCUT2D eigenvalue weighted by molar-refractivity contribution is -0.120. The lowest BCUT2D eigenvalue weighted by Gasteiger charge is -2.47. The van der Waals surface area contributed by atoms with Crippen LogP contribution in [-0.2, 0) is 17.6 Å². The number of nitrogens with zero attached hydrogens (tertiary/aromatic N) is 1. The van der Waals surface area contributed by atoms with Crippen LogP contribution in [0.3, 0.4) is 0 Å². The Kier molecular flexibility index (Phi) is 8.12. The van der Waals surface area contributed by atoms with E-state index in [-0.39, 0.29) is 41.5 Å². The molecule has 9 heteroatoms. The molecule has 2 heterocycles. The fraction of sp³-hybridized carbons (Fsp3) is 0.571. The van der Waals surface area contributed by atoms with Gasteiger partial charge in [-0.15, -0.1) is 0 Å². The molecule has 1 saturated carbocycles. The molecular formula is C28H36ClF2N3O3. The van der Waals surface area contributed by atoms with Gasteiger partial charge in [-0.2, -0.15) is 0 Å². The molecule has 1 fully saturated rings. The number of fused-ring (bicyclic) bond motifs is 1. The Morgan fingerprint density at radius 1 is 1.32 bits per heavy atom. The summed E-state index contributed by atoms with van der Waals surface area (Å²) in [5.74, 6) is -1.49. The highest BCUT2D eigenvalue weighted by atomic mass is 35.5. The summed E-state index contributed by atoms with van der Waals surface area (Å²) in [5.41, 5.74) is 2.04. The zero-order valence-electron chi connectivity index (χ0n) is 21.8. The summed E-state index contributed by atoms with van der Waals surface area (Å²) >= 11 is 5.73. The Morgan fingerprint density at radius 2 is 2.05 bits per heavy atom. The second-order valence-electron chi connectivity index (χ2n) is 11.7. The normalized spacial score (nSPS) is 19.9. The maximum atomic E-state index is 14.5. The third-order valence-corrected chi connectivity index (χ3v) is 7.53. The molecule has 1 aromatic carbocycles. The summed E-state index contributed by atoms with van der Waals surface area (Å²) in [4.78, 5) is 16.5. The molecule has 3 N–H and O–H groups in total. The Hall–Kier alpha value is -2.29. The number of hydrogen-bond acceptors (Lipinski definition) is 5. The maximum absolute atomic E-state index is 14.5. The van der Waals surface area contributed by atoms with Crippen LogP contribution in [0.25, 0.3) is 0 Å². The lowest BCUT2D eigenvalue weighted by atomic mass is 9.73. The average molecular weight is 536 g/mol. The number of carbonyl (C=O) groups is 1. The largest absolute Gasteiger partial charge is 0.471 e. The summed E-state index contributed by atoms with van der Waals surface area (Å²) in [6.07, 6.45) is 5.42. The third-order valence-electron chi connectivity index (χ3n) is 7.18. The van der Waals surface area contributed by atoms with E-state index in [1.807, 2.05) is 6.20 Å². The number of rotatable bonds is 8. The number of aromatic nitrogens is 1. The van der Waals surface area contributed by atoms with E-state index in [9.17, 15) is 18.7 Å². The van der Waals surface area contributed by atoms with Gasteiger partial charge in [0, 0.05) is 37.7 Å². The van der Waals surface area contributed by atoms with Gasteiger partial charge in [-0.1, -0.05) is 38.4 Å². The van der Waals surface area contributed by atoms with Crippen molar-refractivity contribution in [1.29, 1.82) is 0 Å². The van der Waals surface area contributed by atoms with Crippen LogP contribution in [0.2, 0.25) is 5.02 Å². The van der Waals surface area contributed by atoms with Crippen molar-refractivity contribution in [2.45, 2.75) is 90.0 Å². The highest BCUT2D eigenvalue weighted by molar-refractivity contribution is 6.30. The van der Waals surface area contributed by atoms with Crippen LogP contribution in [0, 0.1) is 17.0 Å².